The van der Waals surface area contributed by atoms with E-state index in [0.29, 0.717) is 12.6 Å². The van der Waals surface area contributed by atoms with Crippen LogP contribution in [0.1, 0.15) is 41.5 Å². The summed E-state index contributed by atoms with van der Waals surface area (Å²) < 4.78 is 3.36. The van der Waals surface area contributed by atoms with E-state index in [1.165, 1.54) is 10.3 Å². The van der Waals surface area contributed by atoms with E-state index in [0.717, 1.165) is 23.1 Å². The van der Waals surface area contributed by atoms with Gasteiger partial charge in [-0.1, -0.05) is 30.3 Å². The Kier molecular flexibility index (Phi) is 4.82. The standard InChI is InChI=1S/C19H22N2OS/c1-14(2)21-12-16-11-17(23-18(16)13-21)19(22)20-10-6-9-15-7-4-3-5-8-15/h3-5,7-8,11-14H,6,9-10H2,1-2H3,(H,20,22). The van der Waals surface area contributed by atoms with Crippen molar-refractivity contribution in [3.8, 4) is 0 Å². The molecule has 0 aliphatic carbocycles. The summed E-state index contributed by atoms with van der Waals surface area (Å²) in [6.07, 6.45) is 6.19. The number of hydrogen-bond acceptors (Lipinski definition) is 2. The monoisotopic (exact) mass is 326 g/mol. The summed E-state index contributed by atoms with van der Waals surface area (Å²) in [6.45, 7) is 5.02. The molecular weight excluding hydrogens is 304 g/mol. The highest BCUT2D eigenvalue weighted by Crippen LogP contribution is 2.27. The van der Waals surface area contributed by atoms with Crippen LogP contribution in [0.25, 0.3) is 10.1 Å². The normalized spacial score (nSPS) is 11.3. The van der Waals surface area contributed by atoms with Gasteiger partial charge >= 0.3 is 0 Å². The second kappa shape index (κ2) is 7.01. The van der Waals surface area contributed by atoms with E-state index < -0.39 is 0 Å². The van der Waals surface area contributed by atoms with Crippen LogP contribution in [-0.2, 0) is 6.42 Å². The number of amides is 1. The number of nitrogens with one attached hydrogen (secondary N) is 1. The fourth-order valence-corrected chi connectivity index (χ4v) is 3.58. The van der Waals surface area contributed by atoms with Crippen molar-refractivity contribution in [2.75, 3.05) is 6.54 Å². The average Bonchev–Trinajstić information content (AvgIpc) is 3.11. The third kappa shape index (κ3) is 3.82. The number of aryl methyl sites for hydroxylation is 1. The van der Waals surface area contributed by atoms with Gasteiger partial charge in [-0.3, -0.25) is 4.79 Å². The molecule has 1 amide bonds. The highest BCUT2D eigenvalue weighted by atomic mass is 32.1. The maximum absolute atomic E-state index is 12.2. The summed E-state index contributed by atoms with van der Waals surface area (Å²) in [5, 5.41) is 4.17. The smallest absolute Gasteiger partial charge is 0.261 e. The predicted octanol–water partition coefficient (Wildman–Crippen LogP) is 4.65. The largest absolute Gasteiger partial charge is 0.351 e. The minimum atomic E-state index is 0.0374. The molecule has 2 aromatic heterocycles. The fourth-order valence-electron chi connectivity index (χ4n) is 2.59. The molecule has 3 aromatic rings. The molecule has 3 nitrogen and oxygen atoms in total. The predicted molar refractivity (Wildman–Crippen MR) is 97.3 cm³/mol. The van der Waals surface area contributed by atoms with Gasteiger partial charge in [0.2, 0.25) is 0 Å². The Hall–Kier alpha value is -2.07. The lowest BCUT2D eigenvalue weighted by Gasteiger charge is -2.05. The molecule has 1 aromatic carbocycles. The van der Waals surface area contributed by atoms with Crippen LogP contribution in [0.15, 0.2) is 48.8 Å². The summed E-state index contributed by atoms with van der Waals surface area (Å²) >= 11 is 1.57. The van der Waals surface area contributed by atoms with Gasteiger partial charge in [0.05, 0.1) is 9.58 Å². The highest BCUT2D eigenvalue weighted by molar-refractivity contribution is 7.20. The molecule has 2 heterocycles. The zero-order valence-corrected chi connectivity index (χ0v) is 14.4. The minimum Gasteiger partial charge on any atom is -0.351 e. The Balaban J connectivity index is 1.53. The molecule has 23 heavy (non-hydrogen) atoms. The molecule has 1 N–H and O–H groups in total. The first kappa shape index (κ1) is 15.8. The Morgan fingerprint density at radius 1 is 1.22 bits per heavy atom. The van der Waals surface area contributed by atoms with Crippen molar-refractivity contribution in [2.45, 2.75) is 32.7 Å². The number of hydrogen-bond donors (Lipinski definition) is 1. The topological polar surface area (TPSA) is 34.0 Å². The summed E-state index contributed by atoms with van der Waals surface area (Å²) in [5.74, 6) is 0.0374. The highest BCUT2D eigenvalue weighted by Gasteiger charge is 2.12. The molecule has 4 heteroatoms. The van der Waals surface area contributed by atoms with Gasteiger partial charge in [0, 0.05) is 30.4 Å². The second-order valence-electron chi connectivity index (χ2n) is 6.07. The third-order valence-electron chi connectivity index (χ3n) is 3.94. The van der Waals surface area contributed by atoms with Crippen LogP contribution >= 0.6 is 11.3 Å². The fraction of sp³-hybridized carbons (Fsp3) is 0.316. The van der Waals surface area contributed by atoms with Crippen molar-refractivity contribution in [3.63, 3.8) is 0 Å². The van der Waals surface area contributed by atoms with Gasteiger partial charge in [-0.25, -0.2) is 0 Å². The van der Waals surface area contributed by atoms with Crippen LogP contribution in [0.4, 0.5) is 0 Å². The van der Waals surface area contributed by atoms with Crippen LogP contribution in [0, 0.1) is 0 Å². The van der Waals surface area contributed by atoms with Crippen molar-refractivity contribution in [2.24, 2.45) is 0 Å². The number of carbonyl (C=O) groups excluding carboxylic acids is 1. The summed E-state index contributed by atoms with van der Waals surface area (Å²) in [4.78, 5) is 13.0. The van der Waals surface area contributed by atoms with Crippen molar-refractivity contribution in [1.82, 2.24) is 9.88 Å². The molecular formula is C19H22N2OS. The third-order valence-corrected chi connectivity index (χ3v) is 5.02. The lowest BCUT2D eigenvalue weighted by atomic mass is 10.1. The molecule has 120 valence electrons. The van der Waals surface area contributed by atoms with Crippen LogP contribution in [0.2, 0.25) is 0 Å². The van der Waals surface area contributed by atoms with E-state index in [9.17, 15) is 4.79 Å². The molecule has 0 saturated heterocycles. The molecule has 0 radical (unpaired) electrons. The van der Waals surface area contributed by atoms with E-state index >= 15 is 0 Å². The number of fused-ring (bicyclic) bond motifs is 1. The number of thiophene rings is 1. The van der Waals surface area contributed by atoms with Crippen LogP contribution in [-0.4, -0.2) is 17.0 Å². The van der Waals surface area contributed by atoms with Gasteiger partial charge in [-0.05, 0) is 38.3 Å². The van der Waals surface area contributed by atoms with Crippen LogP contribution in [0.5, 0.6) is 0 Å². The lowest BCUT2D eigenvalue weighted by Crippen LogP contribution is -2.23. The summed E-state index contributed by atoms with van der Waals surface area (Å²) in [5.41, 5.74) is 1.31. The zero-order chi connectivity index (χ0) is 16.2. The number of carbonyl (C=O) groups is 1. The first-order valence-electron chi connectivity index (χ1n) is 8.06. The molecule has 0 aliphatic heterocycles. The number of aromatic nitrogens is 1. The van der Waals surface area contributed by atoms with Crippen molar-refractivity contribution >= 4 is 27.3 Å². The zero-order valence-electron chi connectivity index (χ0n) is 13.6. The van der Waals surface area contributed by atoms with Crippen molar-refractivity contribution in [3.05, 3.63) is 59.2 Å². The Bertz CT molecular complexity index is 755. The molecule has 0 aliphatic rings. The molecule has 0 spiro atoms. The summed E-state index contributed by atoms with van der Waals surface area (Å²) in [6, 6.07) is 12.8. The quantitative estimate of drug-likeness (QED) is 0.658. The van der Waals surface area contributed by atoms with Gasteiger partial charge in [-0.2, -0.15) is 0 Å². The first-order chi connectivity index (χ1) is 11.1. The molecule has 0 saturated carbocycles. The number of benzene rings is 1. The Labute approximate surface area is 140 Å². The Morgan fingerprint density at radius 2 is 2.00 bits per heavy atom. The molecule has 3 rings (SSSR count). The first-order valence-corrected chi connectivity index (χ1v) is 8.88. The average molecular weight is 326 g/mol. The molecule has 0 unspecified atom stereocenters. The van der Waals surface area contributed by atoms with Gasteiger partial charge < -0.3 is 9.88 Å². The van der Waals surface area contributed by atoms with Crippen LogP contribution in [0.3, 0.4) is 0 Å². The molecule has 0 atom stereocenters. The van der Waals surface area contributed by atoms with E-state index in [1.807, 2.05) is 12.1 Å². The lowest BCUT2D eigenvalue weighted by molar-refractivity contribution is 0.0957. The van der Waals surface area contributed by atoms with Gasteiger partial charge in [0.1, 0.15) is 0 Å². The summed E-state index contributed by atoms with van der Waals surface area (Å²) in [7, 11) is 0. The van der Waals surface area contributed by atoms with E-state index in [4.69, 9.17) is 0 Å². The minimum absolute atomic E-state index is 0.0374. The van der Waals surface area contributed by atoms with E-state index in [-0.39, 0.29) is 5.91 Å². The number of rotatable bonds is 6. The van der Waals surface area contributed by atoms with Crippen molar-refractivity contribution < 1.29 is 4.79 Å². The molecule has 0 fully saturated rings. The maximum atomic E-state index is 12.2. The second-order valence-corrected chi connectivity index (χ2v) is 7.16. The van der Waals surface area contributed by atoms with Gasteiger partial charge in [0.15, 0.2) is 0 Å². The number of nitrogens with zero attached hydrogens (tertiary/aromatic N) is 1. The van der Waals surface area contributed by atoms with E-state index in [1.54, 1.807) is 11.3 Å². The SMILES string of the molecule is CC(C)n1cc2cc(C(=O)NCCCc3ccccc3)sc2c1. The maximum Gasteiger partial charge on any atom is 0.261 e. The molecule has 0 bridgehead atoms. The van der Waals surface area contributed by atoms with Crippen molar-refractivity contribution in [1.29, 1.82) is 0 Å². The Morgan fingerprint density at radius 3 is 2.70 bits per heavy atom. The van der Waals surface area contributed by atoms with Gasteiger partial charge in [0.25, 0.3) is 5.91 Å². The van der Waals surface area contributed by atoms with Gasteiger partial charge in [-0.15, -0.1) is 11.3 Å². The van der Waals surface area contributed by atoms with E-state index in [2.05, 4.69) is 60.4 Å². The van der Waals surface area contributed by atoms with Crippen LogP contribution < -0.4 is 5.32 Å².